The third-order valence-corrected chi connectivity index (χ3v) is 9.14. The normalized spacial score (nSPS) is 36.0. The van der Waals surface area contributed by atoms with E-state index >= 15 is 0 Å². The molecule has 7 nitrogen and oxygen atoms in total. The van der Waals surface area contributed by atoms with Gasteiger partial charge in [0.1, 0.15) is 29.8 Å². The molecule has 2 aliphatic carbocycles. The molecular weight excluding hydrogens is 484 g/mol. The van der Waals surface area contributed by atoms with E-state index in [1.807, 2.05) is 56.3 Å². The zero-order valence-corrected chi connectivity index (χ0v) is 23.7. The minimum absolute atomic E-state index is 0.0959. The summed E-state index contributed by atoms with van der Waals surface area (Å²) in [5.41, 5.74) is -2.15. The van der Waals surface area contributed by atoms with Gasteiger partial charge >= 0.3 is 0 Å². The Kier molecular flexibility index (Phi) is 8.03. The van der Waals surface area contributed by atoms with Crippen molar-refractivity contribution in [1.29, 1.82) is 0 Å². The molecule has 2 saturated carbocycles. The van der Waals surface area contributed by atoms with Gasteiger partial charge < -0.3 is 33.5 Å². The van der Waals surface area contributed by atoms with E-state index in [-0.39, 0.29) is 24.7 Å². The fourth-order valence-electron chi connectivity index (χ4n) is 7.07. The van der Waals surface area contributed by atoms with Crippen molar-refractivity contribution >= 4 is 0 Å². The Morgan fingerprint density at radius 3 is 2.37 bits per heavy atom. The number of ether oxygens (including phenoxy) is 6. The average Bonchev–Trinajstić information content (AvgIpc) is 3.41. The molecule has 1 aromatic carbocycles. The predicted molar refractivity (Wildman–Crippen MR) is 146 cm³/mol. The van der Waals surface area contributed by atoms with Crippen molar-refractivity contribution in [3.8, 4) is 5.75 Å². The van der Waals surface area contributed by atoms with Crippen LogP contribution in [0.4, 0.5) is 0 Å². The molecule has 6 atom stereocenters. The minimum Gasteiger partial charge on any atom is -0.497 e. The van der Waals surface area contributed by atoms with E-state index in [1.165, 1.54) is 0 Å². The molecule has 4 rings (SSSR count). The topological polar surface area (TPSA) is 75.6 Å². The molecule has 0 radical (unpaired) electrons. The second-order valence-electron chi connectivity index (χ2n) is 11.8. The van der Waals surface area contributed by atoms with Crippen molar-refractivity contribution in [2.24, 2.45) is 16.7 Å². The molecule has 1 aliphatic heterocycles. The first kappa shape index (κ1) is 29.0. The van der Waals surface area contributed by atoms with E-state index in [9.17, 15) is 5.11 Å². The molecule has 1 heterocycles. The minimum atomic E-state index is -1.33. The van der Waals surface area contributed by atoms with Gasteiger partial charge in [0, 0.05) is 12.5 Å². The highest BCUT2D eigenvalue weighted by Gasteiger charge is 2.74. The summed E-state index contributed by atoms with van der Waals surface area (Å²) in [6.07, 6.45) is 8.14. The van der Waals surface area contributed by atoms with Crippen LogP contribution in [-0.2, 0) is 30.3 Å². The Labute approximate surface area is 227 Å². The zero-order valence-electron chi connectivity index (χ0n) is 23.7. The first-order valence-corrected chi connectivity index (χ1v) is 13.3. The van der Waals surface area contributed by atoms with Gasteiger partial charge in [0.2, 0.25) is 0 Å². The number of aliphatic hydroxyl groups is 1. The quantitative estimate of drug-likeness (QED) is 0.296. The number of rotatable bonds is 12. The molecule has 3 fully saturated rings. The molecule has 1 aromatic rings. The van der Waals surface area contributed by atoms with Gasteiger partial charge in [-0.3, -0.25) is 0 Å². The first-order valence-electron chi connectivity index (χ1n) is 13.3. The molecule has 0 spiro atoms. The van der Waals surface area contributed by atoms with Crippen molar-refractivity contribution in [1.82, 2.24) is 0 Å². The second-order valence-corrected chi connectivity index (χ2v) is 11.8. The number of hydrogen-bond donors (Lipinski definition) is 1. The summed E-state index contributed by atoms with van der Waals surface area (Å²) in [6.45, 7) is 17.0. The molecular formula is C31H44O7. The maximum absolute atomic E-state index is 12.5. The summed E-state index contributed by atoms with van der Waals surface area (Å²) in [4.78, 5) is 0. The van der Waals surface area contributed by atoms with E-state index < -0.39 is 34.6 Å². The molecule has 7 heteroatoms. The van der Waals surface area contributed by atoms with Crippen LogP contribution < -0.4 is 4.74 Å². The fraction of sp³-hybridized carbons (Fsp3) is 0.613. The molecule has 0 unspecified atom stereocenters. The van der Waals surface area contributed by atoms with Crippen LogP contribution in [-0.4, -0.2) is 61.9 Å². The molecule has 1 N–H and O–H groups in total. The maximum Gasteiger partial charge on any atom is 0.164 e. The molecule has 38 heavy (non-hydrogen) atoms. The van der Waals surface area contributed by atoms with Gasteiger partial charge in [0.15, 0.2) is 5.79 Å². The van der Waals surface area contributed by atoms with Gasteiger partial charge in [-0.25, -0.2) is 0 Å². The number of benzene rings is 1. The lowest BCUT2D eigenvalue weighted by Gasteiger charge is -2.46. The van der Waals surface area contributed by atoms with E-state index in [0.717, 1.165) is 24.2 Å². The Morgan fingerprint density at radius 1 is 1.11 bits per heavy atom. The third-order valence-electron chi connectivity index (χ3n) is 9.14. The van der Waals surface area contributed by atoms with Crippen molar-refractivity contribution < 1.29 is 33.5 Å². The SMILES string of the molecule is C=C[C@@H](OCc1ccc(OC)cc1)[C@]1(C=C[C@@]2(O)[C@H](OCOC)[C@H]3CC[C@]2(C=C)C3(C)C)COC(C)(C)O1. The molecule has 210 valence electrons. The van der Waals surface area contributed by atoms with E-state index in [0.29, 0.717) is 6.61 Å². The van der Waals surface area contributed by atoms with Crippen LogP contribution in [0.15, 0.2) is 61.7 Å². The average molecular weight is 529 g/mol. The van der Waals surface area contributed by atoms with Crippen LogP contribution in [0.2, 0.25) is 0 Å². The number of methoxy groups -OCH3 is 2. The van der Waals surface area contributed by atoms with Gasteiger partial charge in [-0.2, -0.15) is 0 Å². The Hall–Kier alpha value is -2.00. The van der Waals surface area contributed by atoms with Crippen LogP contribution >= 0.6 is 0 Å². The Balaban J connectivity index is 1.68. The van der Waals surface area contributed by atoms with Gasteiger partial charge in [-0.1, -0.05) is 44.2 Å². The summed E-state index contributed by atoms with van der Waals surface area (Å²) >= 11 is 0. The highest BCUT2D eigenvalue weighted by molar-refractivity contribution is 5.36. The Bertz CT molecular complexity index is 1030. The summed E-state index contributed by atoms with van der Waals surface area (Å²) < 4.78 is 35.6. The zero-order chi connectivity index (χ0) is 27.8. The maximum atomic E-state index is 12.5. The summed E-state index contributed by atoms with van der Waals surface area (Å²) in [5, 5.41) is 12.5. The lowest BCUT2D eigenvalue weighted by Crippen LogP contribution is -2.54. The summed E-state index contributed by atoms with van der Waals surface area (Å²) in [7, 11) is 3.23. The van der Waals surface area contributed by atoms with E-state index in [2.05, 4.69) is 27.0 Å². The standard InChI is InChI=1S/C31H44O7/c1-9-25(35-19-22-11-13-23(34-8)14-12-22)29(20-37-28(5,6)38-29)17-18-31(32)26(36-21-33-7)24-15-16-30(31,10-2)27(24,3)4/h9-14,17-18,24-26,32H,1-2,15-16,19-21H2,3-8H3/t24-,25-,26-,29+,30-,31-/m1/s1. The van der Waals surface area contributed by atoms with E-state index in [4.69, 9.17) is 28.4 Å². The van der Waals surface area contributed by atoms with Crippen molar-refractivity contribution in [2.45, 2.75) is 76.3 Å². The van der Waals surface area contributed by atoms with Crippen LogP contribution in [0.5, 0.6) is 5.75 Å². The highest BCUT2D eigenvalue weighted by Crippen LogP contribution is 2.71. The van der Waals surface area contributed by atoms with Gasteiger partial charge in [-0.15, -0.1) is 13.2 Å². The van der Waals surface area contributed by atoms with Gasteiger partial charge in [0.05, 0.1) is 26.4 Å². The fourth-order valence-corrected chi connectivity index (χ4v) is 7.07. The number of fused-ring (bicyclic) bond motifs is 2. The van der Waals surface area contributed by atoms with Gasteiger partial charge in [-0.05, 0) is 61.8 Å². The van der Waals surface area contributed by atoms with Crippen LogP contribution in [0.1, 0.15) is 46.1 Å². The lowest BCUT2D eigenvalue weighted by molar-refractivity contribution is -0.176. The van der Waals surface area contributed by atoms with E-state index in [1.54, 1.807) is 20.3 Å². The smallest absolute Gasteiger partial charge is 0.164 e. The van der Waals surface area contributed by atoms with Crippen LogP contribution in [0.3, 0.4) is 0 Å². The highest BCUT2D eigenvalue weighted by atomic mass is 16.8. The largest absolute Gasteiger partial charge is 0.497 e. The van der Waals surface area contributed by atoms with Gasteiger partial charge in [0.25, 0.3) is 0 Å². The van der Waals surface area contributed by atoms with Crippen molar-refractivity contribution in [3.05, 3.63) is 67.3 Å². The molecule has 0 amide bonds. The first-order chi connectivity index (χ1) is 17.9. The van der Waals surface area contributed by atoms with Crippen molar-refractivity contribution in [3.63, 3.8) is 0 Å². The number of hydrogen-bond acceptors (Lipinski definition) is 7. The molecule has 2 bridgehead atoms. The predicted octanol–water partition coefficient (Wildman–Crippen LogP) is 5.19. The summed E-state index contributed by atoms with van der Waals surface area (Å²) in [6, 6.07) is 7.72. The monoisotopic (exact) mass is 528 g/mol. The van der Waals surface area contributed by atoms with Crippen LogP contribution in [0.25, 0.3) is 0 Å². The van der Waals surface area contributed by atoms with Crippen molar-refractivity contribution in [2.75, 3.05) is 27.6 Å². The Morgan fingerprint density at radius 2 is 1.82 bits per heavy atom. The second kappa shape index (κ2) is 10.5. The summed E-state index contributed by atoms with van der Waals surface area (Å²) in [5.74, 6) is 0.0827. The molecule has 0 aromatic heterocycles. The molecule has 1 saturated heterocycles. The lowest BCUT2D eigenvalue weighted by atomic mass is 9.62. The third kappa shape index (κ3) is 4.57. The molecule has 3 aliphatic rings. The van der Waals surface area contributed by atoms with Crippen LogP contribution in [0, 0.1) is 16.7 Å².